The summed E-state index contributed by atoms with van der Waals surface area (Å²) in [6.45, 7) is 12.0. The van der Waals surface area contributed by atoms with Crippen LogP contribution in [0.15, 0.2) is 36.4 Å². The molecule has 2 fully saturated rings. The Morgan fingerprint density at radius 2 is 1.65 bits per heavy atom. The second-order valence-electron chi connectivity index (χ2n) is 14.2. The summed E-state index contributed by atoms with van der Waals surface area (Å²) in [6.07, 6.45) is 6.82. The molecule has 4 rings (SSSR count). The molecule has 0 bridgehead atoms. The standard InChI is InChI=1S/C38H57N5O3/c1-9-10-19-43-26(3)20-25(2)35(38(43)46)23-39-37(45)34-21-31(30-13-11-29(12-14-30)24-41(6)7)22-36(27(34)4)42(8)33-17-15-32(16-18-33)40-28(5)44/h11-14,21-22,25-26,32-33,35H,9-10,15-20,23-24H2,1-8H3,(H,39,45)(H,40,44)/t25?,26?,32-,33+,35?. The van der Waals surface area contributed by atoms with Crippen LogP contribution in [0.4, 0.5) is 5.69 Å². The van der Waals surface area contributed by atoms with E-state index < -0.39 is 0 Å². The molecule has 3 atom stereocenters. The van der Waals surface area contributed by atoms with E-state index in [-0.39, 0.29) is 41.6 Å². The van der Waals surface area contributed by atoms with Gasteiger partial charge in [-0.25, -0.2) is 0 Å². The van der Waals surface area contributed by atoms with E-state index in [0.29, 0.717) is 18.2 Å². The van der Waals surface area contributed by atoms with Crippen molar-refractivity contribution in [2.24, 2.45) is 11.8 Å². The first-order chi connectivity index (χ1) is 21.9. The molecule has 46 heavy (non-hydrogen) atoms. The summed E-state index contributed by atoms with van der Waals surface area (Å²) >= 11 is 0. The Morgan fingerprint density at radius 3 is 2.26 bits per heavy atom. The van der Waals surface area contributed by atoms with Gasteiger partial charge >= 0.3 is 0 Å². The lowest BCUT2D eigenvalue weighted by atomic mass is 9.82. The molecular formula is C38H57N5O3. The van der Waals surface area contributed by atoms with Gasteiger partial charge in [0.1, 0.15) is 0 Å². The molecule has 252 valence electrons. The Labute approximate surface area is 277 Å². The number of nitrogens with one attached hydrogen (secondary N) is 2. The van der Waals surface area contributed by atoms with Crippen LogP contribution in [-0.2, 0) is 16.1 Å². The summed E-state index contributed by atoms with van der Waals surface area (Å²) in [5.74, 6) is 0.0544. The zero-order valence-corrected chi connectivity index (χ0v) is 29.5. The van der Waals surface area contributed by atoms with Crippen molar-refractivity contribution in [1.29, 1.82) is 0 Å². The van der Waals surface area contributed by atoms with Gasteiger partial charge in [-0.05, 0) is 107 Å². The SMILES string of the molecule is CCCCN1C(=O)C(CNC(=O)c2cc(-c3ccc(CN(C)C)cc3)cc(N(C)[C@H]3CC[C@@H](NC(C)=O)CC3)c2C)C(C)CC1C. The highest BCUT2D eigenvalue weighted by Crippen LogP contribution is 2.35. The van der Waals surface area contributed by atoms with Crippen molar-refractivity contribution < 1.29 is 14.4 Å². The molecule has 0 aromatic heterocycles. The molecule has 8 nitrogen and oxygen atoms in total. The molecule has 3 amide bonds. The maximum absolute atomic E-state index is 14.0. The highest BCUT2D eigenvalue weighted by Gasteiger charge is 2.38. The fourth-order valence-corrected chi connectivity index (χ4v) is 7.48. The lowest BCUT2D eigenvalue weighted by Crippen LogP contribution is -2.53. The van der Waals surface area contributed by atoms with Crippen LogP contribution in [0.2, 0.25) is 0 Å². The van der Waals surface area contributed by atoms with Crippen LogP contribution < -0.4 is 15.5 Å². The number of anilines is 1. The van der Waals surface area contributed by atoms with Crippen LogP contribution in [0.5, 0.6) is 0 Å². The Bertz CT molecular complexity index is 1350. The van der Waals surface area contributed by atoms with E-state index in [4.69, 9.17) is 0 Å². The van der Waals surface area contributed by atoms with E-state index in [9.17, 15) is 14.4 Å². The average Bonchev–Trinajstić information content (AvgIpc) is 3.00. The molecule has 2 aromatic rings. The van der Waals surface area contributed by atoms with Gasteiger partial charge < -0.3 is 25.3 Å². The molecule has 3 unspecified atom stereocenters. The van der Waals surface area contributed by atoms with Crippen LogP contribution in [0, 0.1) is 18.8 Å². The van der Waals surface area contributed by atoms with Crippen molar-refractivity contribution >= 4 is 23.4 Å². The Kier molecular flexibility index (Phi) is 12.3. The number of benzene rings is 2. The van der Waals surface area contributed by atoms with Crippen molar-refractivity contribution in [1.82, 2.24) is 20.4 Å². The lowest BCUT2D eigenvalue weighted by Gasteiger charge is -2.41. The molecule has 0 radical (unpaired) electrons. The third kappa shape index (κ3) is 8.69. The van der Waals surface area contributed by atoms with Crippen molar-refractivity contribution in [3.63, 3.8) is 0 Å². The fraction of sp³-hybridized carbons (Fsp3) is 0.605. The normalized spacial score (nSPS) is 23.4. The summed E-state index contributed by atoms with van der Waals surface area (Å²) in [7, 11) is 6.26. The number of carbonyl (C=O) groups excluding carboxylic acids is 3. The number of amides is 3. The molecule has 1 aliphatic carbocycles. The van der Waals surface area contributed by atoms with Gasteiger partial charge in [-0.1, -0.05) is 44.5 Å². The number of rotatable bonds is 12. The van der Waals surface area contributed by atoms with E-state index in [0.717, 1.165) is 80.4 Å². The summed E-state index contributed by atoms with van der Waals surface area (Å²) in [5.41, 5.74) is 5.94. The van der Waals surface area contributed by atoms with E-state index in [1.807, 2.05) is 17.9 Å². The molecule has 1 saturated heterocycles. The Balaban J connectivity index is 1.60. The first-order valence-corrected chi connectivity index (χ1v) is 17.4. The van der Waals surface area contributed by atoms with Crippen LogP contribution in [0.3, 0.4) is 0 Å². The second kappa shape index (κ2) is 15.9. The van der Waals surface area contributed by atoms with Gasteiger partial charge in [0, 0.05) is 63.0 Å². The van der Waals surface area contributed by atoms with Gasteiger partial charge in [-0.2, -0.15) is 0 Å². The Hall–Kier alpha value is -3.39. The highest BCUT2D eigenvalue weighted by molar-refractivity contribution is 5.99. The van der Waals surface area contributed by atoms with Crippen LogP contribution in [0.1, 0.15) is 94.1 Å². The molecule has 2 N–H and O–H groups in total. The van der Waals surface area contributed by atoms with E-state index >= 15 is 0 Å². The Morgan fingerprint density at radius 1 is 0.978 bits per heavy atom. The predicted molar refractivity (Wildman–Crippen MR) is 188 cm³/mol. The first kappa shape index (κ1) is 35.5. The smallest absolute Gasteiger partial charge is 0.251 e. The van der Waals surface area contributed by atoms with Gasteiger partial charge in [0.05, 0.1) is 5.92 Å². The van der Waals surface area contributed by atoms with Gasteiger partial charge in [-0.3, -0.25) is 14.4 Å². The number of nitrogens with zero attached hydrogens (tertiary/aromatic N) is 3. The third-order valence-electron chi connectivity index (χ3n) is 10.2. The zero-order valence-electron chi connectivity index (χ0n) is 29.5. The lowest BCUT2D eigenvalue weighted by molar-refractivity contribution is -0.144. The number of unbranched alkanes of at least 4 members (excludes halogenated alkanes) is 1. The minimum absolute atomic E-state index is 0.0279. The third-order valence-corrected chi connectivity index (χ3v) is 10.2. The van der Waals surface area contributed by atoms with E-state index in [1.54, 1.807) is 6.92 Å². The number of hydrogen-bond acceptors (Lipinski definition) is 5. The minimum Gasteiger partial charge on any atom is -0.371 e. The number of carbonyl (C=O) groups is 3. The quantitative estimate of drug-likeness (QED) is 0.300. The van der Waals surface area contributed by atoms with Gasteiger partial charge in [0.25, 0.3) is 5.91 Å². The molecule has 8 heteroatoms. The largest absolute Gasteiger partial charge is 0.371 e. The number of hydrogen-bond donors (Lipinski definition) is 2. The number of piperidine rings is 1. The van der Waals surface area contributed by atoms with Crippen molar-refractivity contribution in [3.05, 3.63) is 53.1 Å². The maximum Gasteiger partial charge on any atom is 0.251 e. The molecule has 1 saturated carbocycles. The molecule has 2 aliphatic rings. The van der Waals surface area contributed by atoms with Gasteiger partial charge in [0.15, 0.2) is 0 Å². The van der Waals surface area contributed by atoms with Gasteiger partial charge in [-0.15, -0.1) is 0 Å². The summed E-state index contributed by atoms with van der Waals surface area (Å²) < 4.78 is 0. The van der Waals surface area contributed by atoms with E-state index in [1.165, 1.54) is 5.56 Å². The summed E-state index contributed by atoms with van der Waals surface area (Å²) in [5, 5.41) is 6.28. The molecule has 0 spiro atoms. The van der Waals surface area contributed by atoms with Crippen LogP contribution in [-0.4, -0.2) is 79.9 Å². The first-order valence-electron chi connectivity index (χ1n) is 17.4. The van der Waals surface area contributed by atoms with Crippen molar-refractivity contribution in [3.8, 4) is 11.1 Å². The molecule has 1 aliphatic heterocycles. The molecular weight excluding hydrogens is 574 g/mol. The summed E-state index contributed by atoms with van der Waals surface area (Å²) in [4.78, 5) is 45.7. The average molecular weight is 632 g/mol. The monoisotopic (exact) mass is 631 g/mol. The van der Waals surface area contributed by atoms with Crippen molar-refractivity contribution in [2.75, 3.05) is 39.1 Å². The summed E-state index contributed by atoms with van der Waals surface area (Å²) in [6, 6.07) is 13.6. The topological polar surface area (TPSA) is 85.0 Å². The predicted octanol–water partition coefficient (Wildman–Crippen LogP) is 6.01. The highest BCUT2D eigenvalue weighted by atomic mass is 16.2. The fourth-order valence-electron chi connectivity index (χ4n) is 7.48. The molecule has 2 aromatic carbocycles. The van der Waals surface area contributed by atoms with Gasteiger partial charge in [0.2, 0.25) is 11.8 Å². The van der Waals surface area contributed by atoms with Crippen LogP contribution in [0.25, 0.3) is 11.1 Å². The minimum atomic E-state index is -0.217. The molecule has 1 heterocycles. The number of likely N-dealkylation sites (tertiary alicyclic amines) is 1. The second-order valence-corrected chi connectivity index (χ2v) is 14.2. The van der Waals surface area contributed by atoms with Crippen molar-refractivity contribution in [2.45, 2.75) is 104 Å². The zero-order chi connectivity index (χ0) is 33.5. The van der Waals surface area contributed by atoms with Crippen LogP contribution >= 0.6 is 0 Å². The van der Waals surface area contributed by atoms with E-state index in [2.05, 4.69) is 92.7 Å². The maximum atomic E-state index is 14.0.